The molecule has 1 heterocycles. The molecular weight excluding hydrogens is 412 g/mol. The van der Waals surface area contributed by atoms with Crippen molar-refractivity contribution in [1.82, 2.24) is 25.9 Å². The fourth-order valence-corrected chi connectivity index (χ4v) is 2.46. The van der Waals surface area contributed by atoms with Gasteiger partial charge in [-0.15, -0.1) is 0 Å². The maximum absolute atomic E-state index is 12.6. The Labute approximate surface area is 178 Å². The van der Waals surface area contributed by atoms with E-state index in [0.29, 0.717) is 5.69 Å². The van der Waals surface area contributed by atoms with Crippen LogP contribution in [0.4, 0.5) is 0 Å². The molecule has 0 fully saturated rings. The third kappa shape index (κ3) is 9.25. The number of nitrogens with two attached hydrogens (primary N) is 1. The van der Waals surface area contributed by atoms with Crippen LogP contribution in [0.2, 0.25) is 0 Å². The van der Waals surface area contributed by atoms with Gasteiger partial charge in [-0.2, -0.15) is 0 Å². The molecule has 1 aromatic heterocycles. The Morgan fingerprint density at radius 1 is 1.10 bits per heavy atom. The number of imidazole rings is 1. The SMILES string of the molecule is CC(C)C(N)C(=O)NCC(=O)NC(Cc1cnc[nH]1)C(=O)NC(CCC(=O)O)C(=O)O. The lowest BCUT2D eigenvalue weighted by Gasteiger charge is -2.21. The lowest BCUT2D eigenvalue weighted by molar-refractivity contribution is -0.143. The van der Waals surface area contributed by atoms with Gasteiger partial charge in [-0.3, -0.25) is 19.2 Å². The lowest BCUT2D eigenvalue weighted by Crippen LogP contribution is -2.54. The zero-order valence-corrected chi connectivity index (χ0v) is 17.3. The van der Waals surface area contributed by atoms with Gasteiger partial charge in [0.2, 0.25) is 17.7 Å². The molecule has 8 N–H and O–H groups in total. The Kier molecular flexibility index (Phi) is 10.1. The van der Waals surface area contributed by atoms with E-state index in [1.807, 2.05) is 0 Å². The molecule has 0 spiro atoms. The number of amides is 3. The van der Waals surface area contributed by atoms with Crippen molar-refractivity contribution in [2.45, 2.75) is 51.2 Å². The molecule has 0 saturated carbocycles. The highest BCUT2D eigenvalue weighted by molar-refractivity contribution is 5.92. The first-order chi connectivity index (χ1) is 14.5. The van der Waals surface area contributed by atoms with Crippen molar-refractivity contribution in [3.63, 3.8) is 0 Å². The molecule has 0 aliphatic heterocycles. The molecule has 1 aromatic rings. The van der Waals surface area contributed by atoms with Crippen LogP contribution in [0.1, 0.15) is 32.4 Å². The maximum atomic E-state index is 12.6. The summed E-state index contributed by atoms with van der Waals surface area (Å²) in [6, 6.07) is -3.45. The molecule has 0 radical (unpaired) electrons. The number of carbonyl (C=O) groups is 5. The number of hydrogen-bond donors (Lipinski definition) is 7. The van der Waals surface area contributed by atoms with Crippen molar-refractivity contribution in [2.75, 3.05) is 6.54 Å². The molecule has 13 nitrogen and oxygen atoms in total. The largest absolute Gasteiger partial charge is 0.481 e. The van der Waals surface area contributed by atoms with E-state index in [9.17, 15) is 29.1 Å². The summed E-state index contributed by atoms with van der Waals surface area (Å²) in [7, 11) is 0. The van der Waals surface area contributed by atoms with Gasteiger partial charge in [0.1, 0.15) is 12.1 Å². The number of aromatic nitrogens is 2. The van der Waals surface area contributed by atoms with Gasteiger partial charge >= 0.3 is 11.9 Å². The van der Waals surface area contributed by atoms with Gasteiger partial charge in [-0.1, -0.05) is 13.8 Å². The zero-order valence-electron chi connectivity index (χ0n) is 17.3. The molecule has 1 rings (SSSR count). The number of nitrogens with one attached hydrogen (secondary N) is 4. The van der Waals surface area contributed by atoms with Gasteiger partial charge in [0.25, 0.3) is 0 Å². The predicted molar refractivity (Wildman–Crippen MR) is 106 cm³/mol. The van der Waals surface area contributed by atoms with Gasteiger partial charge in [0, 0.05) is 24.7 Å². The van der Waals surface area contributed by atoms with E-state index in [1.54, 1.807) is 13.8 Å². The number of carboxylic acids is 2. The summed E-state index contributed by atoms with van der Waals surface area (Å²) in [5, 5.41) is 25.0. The van der Waals surface area contributed by atoms with Crippen LogP contribution in [-0.2, 0) is 30.4 Å². The highest BCUT2D eigenvalue weighted by Crippen LogP contribution is 2.03. The second-order valence-electron chi connectivity index (χ2n) is 7.22. The molecule has 0 aliphatic carbocycles. The molecule has 3 atom stereocenters. The average Bonchev–Trinajstić information content (AvgIpc) is 3.20. The Bertz CT molecular complexity index is 780. The fraction of sp³-hybridized carbons (Fsp3) is 0.556. The van der Waals surface area contributed by atoms with E-state index in [4.69, 9.17) is 10.8 Å². The van der Waals surface area contributed by atoms with E-state index >= 15 is 0 Å². The number of carboxylic acid groups (broad SMARTS) is 2. The minimum Gasteiger partial charge on any atom is -0.481 e. The molecule has 0 saturated heterocycles. The van der Waals surface area contributed by atoms with Crippen molar-refractivity contribution >= 4 is 29.7 Å². The number of nitrogens with zero attached hydrogens (tertiary/aromatic N) is 1. The molecule has 172 valence electrons. The summed E-state index contributed by atoms with van der Waals surface area (Å²) in [6.45, 7) is 3.06. The van der Waals surface area contributed by atoms with Crippen LogP contribution in [-0.4, -0.2) is 74.5 Å². The van der Waals surface area contributed by atoms with E-state index in [-0.39, 0.29) is 18.8 Å². The van der Waals surface area contributed by atoms with Crippen LogP contribution in [0, 0.1) is 5.92 Å². The number of carbonyl (C=O) groups excluding carboxylic acids is 3. The Hall–Kier alpha value is -3.48. The Balaban J connectivity index is 2.80. The predicted octanol–water partition coefficient (Wildman–Crippen LogP) is -2.03. The van der Waals surface area contributed by atoms with E-state index < -0.39 is 60.8 Å². The molecule has 13 heteroatoms. The third-order valence-electron chi connectivity index (χ3n) is 4.34. The third-order valence-corrected chi connectivity index (χ3v) is 4.34. The van der Waals surface area contributed by atoms with Crippen LogP contribution in [0.15, 0.2) is 12.5 Å². The van der Waals surface area contributed by atoms with Crippen molar-refractivity contribution in [1.29, 1.82) is 0 Å². The van der Waals surface area contributed by atoms with Gasteiger partial charge in [0.15, 0.2) is 0 Å². The number of hydrogen-bond acceptors (Lipinski definition) is 7. The molecule has 0 aromatic carbocycles. The normalized spacial score (nSPS) is 13.7. The fourth-order valence-electron chi connectivity index (χ4n) is 2.46. The van der Waals surface area contributed by atoms with Crippen LogP contribution < -0.4 is 21.7 Å². The minimum atomic E-state index is -1.45. The number of aromatic amines is 1. The van der Waals surface area contributed by atoms with Crippen LogP contribution in [0.5, 0.6) is 0 Å². The summed E-state index contributed by atoms with van der Waals surface area (Å²) in [5.74, 6) is -4.80. The van der Waals surface area contributed by atoms with Crippen molar-refractivity contribution < 1.29 is 34.2 Å². The highest BCUT2D eigenvalue weighted by Gasteiger charge is 2.28. The number of rotatable bonds is 13. The van der Waals surface area contributed by atoms with Gasteiger partial charge in [0.05, 0.1) is 18.9 Å². The summed E-state index contributed by atoms with van der Waals surface area (Å²) in [4.78, 5) is 65.4. The summed E-state index contributed by atoms with van der Waals surface area (Å²) in [5.41, 5.74) is 6.19. The van der Waals surface area contributed by atoms with Crippen LogP contribution in [0.3, 0.4) is 0 Å². The molecular formula is C18H28N6O7. The maximum Gasteiger partial charge on any atom is 0.326 e. The Morgan fingerprint density at radius 3 is 2.29 bits per heavy atom. The second kappa shape index (κ2) is 12.3. The van der Waals surface area contributed by atoms with E-state index in [1.165, 1.54) is 12.5 Å². The monoisotopic (exact) mass is 440 g/mol. The first-order valence-electron chi connectivity index (χ1n) is 9.56. The molecule has 0 bridgehead atoms. The van der Waals surface area contributed by atoms with E-state index in [0.717, 1.165) is 0 Å². The molecule has 3 unspecified atom stereocenters. The summed E-state index contributed by atoms with van der Waals surface area (Å²) in [6.07, 6.45) is 1.96. The average molecular weight is 440 g/mol. The number of aliphatic carboxylic acids is 2. The second-order valence-corrected chi connectivity index (χ2v) is 7.22. The lowest BCUT2D eigenvalue weighted by atomic mass is 10.1. The van der Waals surface area contributed by atoms with Crippen molar-refractivity contribution in [3.05, 3.63) is 18.2 Å². The first-order valence-corrected chi connectivity index (χ1v) is 9.56. The molecule has 0 aliphatic rings. The summed E-state index contributed by atoms with van der Waals surface area (Å²) < 4.78 is 0. The van der Waals surface area contributed by atoms with Gasteiger partial charge < -0.3 is 36.9 Å². The van der Waals surface area contributed by atoms with E-state index in [2.05, 4.69) is 25.9 Å². The van der Waals surface area contributed by atoms with Crippen LogP contribution >= 0.6 is 0 Å². The Morgan fingerprint density at radius 2 is 1.77 bits per heavy atom. The van der Waals surface area contributed by atoms with Crippen molar-refractivity contribution in [3.8, 4) is 0 Å². The number of H-pyrrole nitrogens is 1. The summed E-state index contributed by atoms with van der Waals surface area (Å²) >= 11 is 0. The highest BCUT2D eigenvalue weighted by atomic mass is 16.4. The van der Waals surface area contributed by atoms with Gasteiger partial charge in [-0.25, -0.2) is 9.78 Å². The zero-order chi connectivity index (χ0) is 23.6. The standard InChI is InChI=1S/C18H28N6O7/c1-9(2)15(19)17(29)21-7-13(25)23-12(5-10-6-20-8-22-10)16(28)24-11(18(30)31)3-4-14(26)27/h6,8-9,11-12,15H,3-5,7,19H2,1-2H3,(H,20,22)(H,21,29)(H,23,25)(H,24,28)(H,26,27)(H,30,31). The van der Waals surface area contributed by atoms with Crippen LogP contribution in [0.25, 0.3) is 0 Å². The molecule has 3 amide bonds. The topological polar surface area (TPSA) is 217 Å². The minimum absolute atomic E-state index is 0.0394. The van der Waals surface area contributed by atoms with Crippen molar-refractivity contribution in [2.24, 2.45) is 11.7 Å². The first kappa shape index (κ1) is 25.6. The quantitative estimate of drug-likeness (QED) is 0.180. The molecule has 31 heavy (non-hydrogen) atoms. The van der Waals surface area contributed by atoms with Gasteiger partial charge in [-0.05, 0) is 12.3 Å². The smallest absolute Gasteiger partial charge is 0.326 e.